The molecule has 3 nitrogen and oxygen atoms in total. The molecule has 0 radical (unpaired) electrons. The van der Waals surface area contributed by atoms with Crippen molar-refractivity contribution in [2.75, 3.05) is 0 Å². The van der Waals surface area contributed by atoms with Crippen LogP contribution in [0.1, 0.15) is 16.7 Å². The van der Waals surface area contributed by atoms with Gasteiger partial charge in [-0.1, -0.05) is 22.0 Å². The molecule has 0 spiro atoms. The summed E-state index contributed by atoms with van der Waals surface area (Å²) in [5, 5.41) is 4.49. The number of nitrogens with two attached hydrogens (primary N) is 1. The Hall–Kier alpha value is -0.760. The minimum Gasteiger partial charge on any atom is -0.375 e. The molecule has 0 unspecified atom stereocenters. The molecule has 0 amide bonds. The van der Waals surface area contributed by atoms with Gasteiger partial charge in [-0.15, -0.1) is 0 Å². The van der Waals surface area contributed by atoms with Gasteiger partial charge in [-0.3, -0.25) is 5.43 Å². The van der Waals surface area contributed by atoms with Gasteiger partial charge in [0.15, 0.2) is 5.11 Å². The Bertz CT molecular complexity index is 739. The van der Waals surface area contributed by atoms with E-state index in [4.69, 9.17) is 18.0 Å². The van der Waals surface area contributed by atoms with Gasteiger partial charge in [0.1, 0.15) is 0 Å². The summed E-state index contributed by atoms with van der Waals surface area (Å²) >= 11 is 15.3. The van der Waals surface area contributed by atoms with Gasteiger partial charge in [-0.05, 0) is 86.9 Å². The van der Waals surface area contributed by atoms with Crippen molar-refractivity contribution in [3.8, 4) is 0 Å². The second-order valence-corrected chi connectivity index (χ2v) is 7.65. The van der Waals surface area contributed by atoms with Crippen LogP contribution < -0.4 is 11.2 Å². The largest absolute Gasteiger partial charge is 0.375 e. The maximum absolute atomic E-state index is 5.50. The number of rotatable bonds is 3. The molecule has 0 aromatic heterocycles. The van der Waals surface area contributed by atoms with Gasteiger partial charge in [-0.2, -0.15) is 5.10 Å². The molecular formula is C15H12Br3N3S. The molecule has 0 atom stereocenters. The fraction of sp³-hybridized carbons (Fsp3) is 0.0667. The first-order valence-corrected chi connectivity index (χ1v) is 9.01. The van der Waals surface area contributed by atoms with Crippen LogP contribution >= 0.6 is 60.0 Å². The highest BCUT2D eigenvalue weighted by molar-refractivity contribution is 9.13. The molecule has 0 saturated carbocycles. The third-order valence-electron chi connectivity index (χ3n) is 2.79. The van der Waals surface area contributed by atoms with Crippen LogP contribution in [-0.4, -0.2) is 10.8 Å². The topological polar surface area (TPSA) is 50.4 Å². The van der Waals surface area contributed by atoms with Crippen molar-refractivity contribution in [1.29, 1.82) is 0 Å². The molecule has 0 fully saturated rings. The molecule has 7 heteroatoms. The maximum Gasteiger partial charge on any atom is 0.184 e. The van der Waals surface area contributed by atoms with Gasteiger partial charge in [-0.25, -0.2) is 0 Å². The highest BCUT2D eigenvalue weighted by Gasteiger charge is 2.11. The number of nitrogens with zero attached hydrogens (tertiary/aromatic N) is 1. The zero-order valence-corrected chi connectivity index (χ0v) is 17.1. The van der Waals surface area contributed by atoms with Crippen LogP contribution in [0.5, 0.6) is 0 Å². The number of halogens is 3. The molecular weight excluding hydrogens is 494 g/mol. The summed E-state index contributed by atoms with van der Waals surface area (Å²) in [6.07, 6.45) is 0. The first kappa shape index (κ1) is 17.6. The Morgan fingerprint density at radius 3 is 2.36 bits per heavy atom. The predicted molar refractivity (Wildman–Crippen MR) is 106 cm³/mol. The van der Waals surface area contributed by atoms with Crippen molar-refractivity contribution in [3.63, 3.8) is 0 Å². The first-order chi connectivity index (χ1) is 10.4. The Morgan fingerprint density at radius 2 is 1.77 bits per heavy atom. The zero-order valence-electron chi connectivity index (χ0n) is 11.5. The van der Waals surface area contributed by atoms with Crippen LogP contribution in [0.3, 0.4) is 0 Å². The molecule has 0 saturated heterocycles. The Balaban J connectivity index is 2.57. The lowest BCUT2D eigenvalue weighted by molar-refractivity contribution is 1.03. The van der Waals surface area contributed by atoms with Gasteiger partial charge in [0, 0.05) is 24.5 Å². The van der Waals surface area contributed by atoms with Crippen LogP contribution in [0.25, 0.3) is 0 Å². The molecule has 2 aromatic rings. The van der Waals surface area contributed by atoms with Crippen LogP contribution in [0, 0.1) is 6.92 Å². The fourth-order valence-electron chi connectivity index (χ4n) is 1.92. The smallest absolute Gasteiger partial charge is 0.184 e. The third-order valence-corrected chi connectivity index (χ3v) is 5.22. The first-order valence-electron chi connectivity index (χ1n) is 6.23. The van der Waals surface area contributed by atoms with Crippen molar-refractivity contribution in [1.82, 2.24) is 5.43 Å². The normalized spacial score (nSPS) is 11.4. The summed E-state index contributed by atoms with van der Waals surface area (Å²) in [6.45, 7) is 2.03. The number of hydrogen-bond acceptors (Lipinski definition) is 2. The Kier molecular flexibility index (Phi) is 6.14. The summed E-state index contributed by atoms with van der Waals surface area (Å²) in [4.78, 5) is 0. The molecule has 2 aromatic carbocycles. The van der Waals surface area contributed by atoms with Gasteiger partial charge >= 0.3 is 0 Å². The third kappa shape index (κ3) is 4.62. The molecule has 0 aliphatic rings. The van der Waals surface area contributed by atoms with Crippen LogP contribution in [-0.2, 0) is 0 Å². The van der Waals surface area contributed by atoms with E-state index in [1.165, 1.54) is 0 Å². The number of nitrogens with one attached hydrogen (secondary N) is 1. The number of thiocarbonyl (C=S) groups is 1. The standard InChI is InChI=1S/C15H12Br3N3S/c1-8-4-10(6-11(16)5-8)14(20-21-15(19)22)9-2-3-12(17)13(18)7-9/h2-7H,1H3,(H3,19,21,22)/b20-14-. The molecule has 114 valence electrons. The van der Waals surface area contributed by atoms with E-state index in [2.05, 4.69) is 64.4 Å². The van der Waals surface area contributed by atoms with E-state index >= 15 is 0 Å². The lowest BCUT2D eigenvalue weighted by Crippen LogP contribution is -2.26. The fourth-order valence-corrected chi connectivity index (χ4v) is 3.20. The average Bonchev–Trinajstić information content (AvgIpc) is 2.41. The number of hydrogen-bond donors (Lipinski definition) is 2. The summed E-state index contributed by atoms with van der Waals surface area (Å²) in [5.41, 5.74) is 12.0. The van der Waals surface area contributed by atoms with Gasteiger partial charge in [0.05, 0.1) is 5.71 Å². The van der Waals surface area contributed by atoms with Gasteiger partial charge in [0.2, 0.25) is 0 Å². The maximum atomic E-state index is 5.50. The van der Waals surface area contributed by atoms with Crippen molar-refractivity contribution < 1.29 is 0 Å². The number of aryl methyl sites for hydroxylation is 1. The lowest BCUT2D eigenvalue weighted by atomic mass is 10.0. The molecule has 22 heavy (non-hydrogen) atoms. The minimum absolute atomic E-state index is 0.125. The average molecular weight is 506 g/mol. The van der Waals surface area contributed by atoms with Gasteiger partial charge in [0.25, 0.3) is 0 Å². The van der Waals surface area contributed by atoms with Crippen molar-refractivity contribution in [2.45, 2.75) is 6.92 Å². The van der Waals surface area contributed by atoms with E-state index in [1.807, 2.05) is 37.3 Å². The molecule has 3 N–H and O–H groups in total. The van der Waals surface area contributed by atoms with Crippen molar-refractivity contribution >= 4 is 70.8 Å². The summed E-state index contributed by atoms with van der Waals surface area (Å²) in [6, 6.07) is 12.0. The second-order valence-electron chi connectivity index (χ2n) is 4.58. The predicted octanol–water partition coefficient (Wildman–Crippen LogP) is 4.87. The highest BCUT2D eigenvalue weighted by atomic mass is 79.9. The zero-order chi connectivity index (χ0) is 16.3. The Morgan fingerprint density at radius 1 is 1.05 bits per heavy atom. The van der Waals surface area contributed by atoms with E-state index in [-0.39, 0.29) is 5.11 Å². The SMILES string of the molecule is Cc1cc(Br)cc(/C(=N\NC(N)=S)c2ccc(Br)c(Br)c2)c1. The monoisotopic (exact) mass is 503 g/mol. The molecule has 0 aliphatic heterocycles. The van der Waals surface area contributed by atoms with E-state index in [9.17, 15) is 0 Å². The van der Waals surface area contributed by atoms with Crippen molar-refractivity contribution in [2.24, 2.45) is 10.8 Å². The van der Waals surface area contributed by atoms with E-state index in [1.54, 1.807) is 0 Å². The quantitative estimate of drug-likeness (QED) is 0.355. The molecule has 0 aliphatic carbocycles. The van der Waals surface area contributed by atoms with E-state index in [0.29, 0.717) is 0 Å². The second kappa shape index (κ2) is 7.68. The number of benzene rings is 2. The molecule has 0 bridgehead atoms. The van der Waals surface area contributed by atoms with E-state index < -0.39 is 0 Å². The lowest BCUT2D eigenvalue weighted by Gasteiger charge is -2.10. The van der Waals surface area contributed by atoms with Crippen LogP contribution in [0.4, 0.5) is 0 Å². The summed E-state index contributed by atoms with van der Waals surface area (Å²) in [5.74, 6) is 0. The van der Waals surface area contributed by atoms with Crippen molar-refractivity contribution in [3.05, 3.63) is 66.5 Å². The Labute approximate surface area is 159 Å². The summed E-state index contributed by atoms with van der Waals surface area (Å²) < 4.78 is 2.91. The minimum atomic E-state index is 0.125. The van der Waals surface area contributed by atoms with Gasteiger partial charge < -0.3 is 5.73 Å². The molecule has 2 rings (SSSR count). The highest BCUT2D eigenvalue weighted by Crippen LogP contribution is 2.26. The summed E-state index contributed by atoms with van der Waals surface area (Å²) in [7, 11) is 0. The van der Waals surface area contributed by atoms with Crippen LogP contribution in [0.2, 0.25) is 0 Å². The number of hydrazone groups is 1. The molecule has 0 heterocycles. The van der Waals surface area contributed by atoms with Crippen LogP contribution in [0.15, 0.2) is 54.9 Å². The van der Waals surface area contributed by atoms with E-state index in [0.717, 1.165) is 35.8 Å².